The van der Waals surface area contributed by atoms with Crippen LogP contribution in [0.1, 0.15) is 57.9 Å². The third kappa shape index (κ3) is 5.35. The van der Waals surface area contributed by atoms with Crippen molar-refractivity contribution in [2.24, 2.45) is 10.4 Å². The molecule has 2 aliphatic rings. The Kier molecular flexibility index (Phi) is 7.80. The van der Waals surface area contributed by atoms with Crippen molar-refractivity contribution in [3.8, 4) is 0 Å². The van der Waals surface area contributed by atoms with Crippen LogP contribution in [0.5, 0.6) is 0 Å². The molecule has 0 heterocycles. The lowest BCUT2D eigenvalue weighted by Gasteiger charge is -2.58. The summed E-state index contributed by atoms with van der Waals surface area (Å²) in [6.07, 6.45) is 9.82. The van der Waals surface area contributed by atoms with Crippen LogP contribution in [0.25, 0.3) is 0 Å². The molecule has 30 heavy (non-hydrogen) atoms. The fourth-order valence-electron chi connectivity index (χ4n) is 4.95. The fourth-order valence-corrected chi connectivity index (χ4v) is 5.58. The van der Waals surface area contributed by atoms with Crippen LogP contribution in [0.2, 0.25) is 0 Å². The van der Waals surface area contributed by atoms with E-state index in [1.165, 1.54) is 38.4 Å². The van der Waals surface area contributed by atoms with Crippen molar-refractivity contribution in [1.29, 1.82) is 0 Å². The molecular formula is C23H37N3O3S. The van der Waals surface area contributed by atoms with Gasteiger partial charge in [0.2, 0.25) is 0 Å². The SMILES string of the molecule is CCNC(=NCCc1ccc(S(C)(=O)=O)cc1)NC1CC(OCC)C12CCCCC2. The zero-order valence-electron chi connectivity index (χ0n) is 18.6. The number of aliphatic imine (C=N–C) groups is 1. The van der Waals surface area contributed by atoms with E-state index in [1.807, 2.05) is 12.1 Å². The monoisotopic (exact) mass is 435 g/mol. The van der Waals surface area contributed by atoms with Gasteiger partial charge in [-0.1, -0.05) is 31.4 Å². The second-order valence-corrected chi connectivity index (χ2v) is 10.6. The van der Waals surface area contributed by atoms with Gasteiger partial charge in [0.25, 0.3) is 0 Å². The first-order valence-electron chi connectivity index (χ1n) is 11.3. The zero-order valence-corrected chi connectivity index (χ0v) is 19.4. The molecule has 6 nitrogen and oxygen atoms in total. The molecule has 0 bridgehead atoms. The number of hydrogen-bond donors (Lipinski definition) is 2. The predicted molar refractivity (Wildman–Crippen MR) is 122 cm³/mol. The van der Waals surface area contributed by atoms with Crippen LogP contribution < -0.4 is 10.6 Å². The Morgan fingerprint density at radius 1 is 1.17 bits per heavy atom. The van der Waals surface area contributed by atoms with Crippen LogP contribution >= 0.6 is 0 Å². The van der Waals surface area contributed by atoms with Crippen molar-refractivity contribution < 1.29 is 13.2 Å². The maximum Gasteiger partial charge on any atom is 0.191 e. The second-order valence-electron chi connectivity index (χ2n) is 8.60. The van der Waals surface area contributed by atoms with Gasteiger partial charge in [0.15, 0.2) is 15.8 Å². The molecule has 1 spiro atoms. The van der Waals surface area contributed by atoms with Crippen molar-refractivity contribution in [3.05, 3.63) is 29.8 Å². The highest BCUT2D eigenvalue weighted by Gasteiger charge is 2.55. The van der Waals surface area contributed by atoms with Gasteiger partial charge in [0, 0.05) is 37.4 Å². The van der Waals surface area contributed by atoms with E-state index in [2.05, 4.69) is 24.5 Å². The van der Waals surface area contributed by atoms with Crippen LogP contribution in [0.15, 0.2) is 34.2 Å². The van der Waals surface area contributed by atoms with E-state index >= 15 is 0 Å². The number of sulfone groups is 1. The largest absolute Gasteiger partial charge is 0.378 e. The summed E-state index contributed by atoms with van der Waals surface area (Å²) in [7, 11) is -3.15. The lowest BCUT2D eigenvalue weighted by atomic mass is 9.55. The minimum atomic E-state index is -3.15. The highest BCUT2D eigenvalue weighted by atomic mass is 32.2. The molecule has 3 rings (SSSR count). The maximum absolute atomic E-state index is 11.6. The molecule has 0 aliphatic heterocycles. The third-order valence-electron chi connectivity index (χ3n) is 6.61. The summed E-state index contributed by atoms with van der Waals surface area (Å²) < 4.78 is 29.3. The molecule has 2 aliphatic carbocycles. The molecule has 1 aromatic rings. The van der Waals surface area contributed by atoms with E-state index in [9.17, 15) is 8.42 Å². The van der Waals surface area contributed by atoms with Crippen molar-refractivity contribution in [1.82, 2.24) is 10.6 Å². The van der Waals surface area contributed by atoms with Crippen molar-refractivity contribution in [2.75, 3.05) is 26.0 Å². The van der Waals surface area contributed by atoms with Crippen molar-refractivity contribution >= 4 is 15.8 Å². The smallest absolute Gasteiger partial charge is 0.191 e. The van der Waals surface area contributed by atoms with Crippen LogP contribution in [-0.4, -0.2) is 52.5 Å². The quantitative estimate of drug-likeness (QED) is 0.484. The van der Waals surface area contributed by atoms with Gasteiger partial charge in [0.05, 0.1) is 11.0 Å². The van der Waals surface area contributed by atoms with Gasteiger partial charge in [-0.2, -0.15) is 0 Å². The van der Waals surface area contributed by atoms with E-state index < -0.39 is 9.84 Å². The predicted octanol–water partition coefficient (Wildman–Crippen LogP) is 3.32. The first-order chi connectivity index (χ1) is 14.4. The minimum Gasteiger partial charge on any atom is -0.378 e. The number of hydrogen-bond acceptors (Lipinski definition) is 4. The Bertz CT molecular complexity index is 815. The first kappa shape index (κ1) is 23.1. The van der Waals surface area contributed by atoms with Crippen LogP contribution in [-0.2, 0) is 21.0 Å². The first-order valence-corrected chi connectivity index (χ1v) is 13.2. The Labute approximate surface area is 181 Å². The summed E-state index contributed by atoms with van der Waals surface area (Å²) >= 11 is 0. The second kappa shape index (κ2) is 10.1. The summed E-state index contributed by atoms with van der Waals surface area (Å²) in [6, 6.07) is 7.52. The Morgan fingerprint density at radius 2 is 1.87 bits per heavy atom. The molecule has 0 amide bonds. The number of benzene rings is 1. The van der Waals surface area contributed by atoms with E-state index in [-0.39, 0.29) is 5.41 Å². The lowest BCUT2D eigenvalue weighted by molar-refractivity contribution is -0.145. The molecule has 0 radical (unpaired) electrons. The molecule has 0 saturated heterocycles. The fraction of sp³-hybridized carbons (Fsp3) is 0.696. The van der Waals surface area contributed by atoms with E-state index in [0.29, 0.717) is 23.6 Å². The average molecular weight is 436 g/mol. The minimum absolute atomic E-state index is 0.256. The third-order valence-corrected chi connectivity index (χ3v) is 7.74. The number of nitrogens with zero attached hydrogens (tertiary/aromatic N) is 1. The molecule has 2 saturated carbocycles. The molecule has 2 unspecified atom stereocenters. The van der Waals surface area contributed by atoms with E-state index in [0.717, 1.165) is 37.5 Å². The van der Waals surface area contributed by atoms with Gasteiger partial charge in [-0.05, 0) is 57.2 Å². The van der Waals surface area contributed by atoms with Gasteiger partial charge in [-0.25, -0.2) is 8.42 Å². The van der Waals surface area contributed by atoms with Crippen LogP contribution in [0, 0.1) is 5.41 Å². The number of nitrogens with one attached hydrogen (secondary N) is 2. The molecule has 2 N–H and O–H groups in total. The number of ether oxygens (including phenoxy) is 1. The normalized spacial score (nSPS) is 23.8. The molecule has 7 heteroatoms. The standard InChI is InChI=1S/C23H37N3O3S/c1-4-24-22(25-16-13-18-9-11-19(12-10-18)30(3,27)28)26-20-17-21(29-5-2)23(20)14-7-6-8-15-23/h9-12,20-21H,4-8,13-17H2,1-3H3,(H2,24,25,26). The molecule has 2 fully saturated rings. The molecule has 1 aromatic carbocycles. The molecule has 2 atom stereocenters. The molecule has 168 valence electrons. The van der Waals surface area contributed by atoms with Crippen molar-refractivity contribution in [2.45, 2.75) is 75.8 Å². The number of rotatable bonds is 8. The summed E-state index contributed by atoms with van der Waals surface area (Å²) in [4.78, 5) is 5.14. The van der Waals surface area contributed by atoms with Gasteiger partial charge in [-0.15, -0.1) is 0 Å². The molecular weight excluding hydrogens is 398 g/mol. The topological polar surface area (TPSA) is 79.8 Å². The molecule has 0 aromatic heterocycles. The summed E-state index contributed by atoms with van der Waals surface area (Å²) in [5.74, 6) is 0.871. The van der Waals surface area contributed by atoms with Crippen LogP contribution in [0.4, 0.5) is 0 Å². The Balaban J connectivity index is 1.60. The van der Waals surface area contributed by atoms with E-state index in [1.54, 1.807) is 12.1 Å². The van der Waals surface area contributed by atoms with Gasteiger partial charge in [-0.3, -0.25) is 4.99 Å². The highest BCUT2D eigenvalue weighted by molar-refractivity contribution is 7.90. The Hall–Kier alpha value is -1.60. The lowest BCUT2D eigenvalue weighted by Crippen LogP contribution is -2.66. The van der Waals surface area contributed by atoms with Gasteiger partial charge >= 0.3 is 0 Å². The summed E-state index contributed by atoms with van der Waals surface area (Å²) in [5.41, 5.74) is 1.34. The van der Waals surface area contributed by atoms with Crippen molar-refractivity contribution in [3.63, 3.8) is 0 Å². The number of guanidine groups is 1. The van der Waals surface area contributed by atoms with Gasteiger partial charge < -0.3 is 15.4 Å². The zero-order chi connectivity index (χ0) is 21.6. The summed E-state index contributed by atoms with van der Waals surface area (Å²) in [5, 5.41) is 7.08. The Morgan fingerprint density at radius 3 is 2.47 bits per heavy atom. The van der Waals surface area contributed by atoms with Gasteiger partial charge in [0.1, 0.15) is 0 Å². The average Bonchev–Trinajstić information content (AvgIpc) is 2.73. The maximum atomic E-state index is 11.6. The van der Waals surface area contributed by atoms with E-state index in [4.69, 9.17) is 9.73 Å². The highest BCUT2D eigenvalue weighted by Crippen LogP contribution is 2.53. The van der Waals surface area contributed by atoms with Crippen LogP contribution in [0.3, 0.4) is 0 Å². The summed E-state index contributed by atoms with van der Waals surface area (Å²) in [6.45, 7) is 6.43.